The molecule has 1 atom stereocenters. The van der Waals surface area contributed by atoms with Crippen LogP contribution in [0.4, 0.5) is 4.39 Å². The number of halogens is 1. The van der Waals surface area contributed by atoms with E-state index >= 15 is 0 Å². The second kappa shape index (κ2) is 9.46. The van der Waals surface area contributed by atoms with E-state index in [1.54, 1.807) is 30.3 Å². The molecule has 0 aliphatic carbocycles. The smallest absolute Gasteiger partial charge is 0.295 e. The van der Waals surface area contributed by atoms with Crippen LogP contribution >= 0.6 is 11.3 Å². The molecule has 0 saturated carbocycles. The lowest BCUT2D eigenvalue weighted by molar-refractivity contribution is -0.139. The Hall–Kier alpha value is -3.65. The second-order valence-corrected chi connectivity index (χ2v) is 8.40. The van der Waals surface area contributed by atoms with E-state index in [4.69, 9.17) is 9.47 Å². The molecule has 1 saturated heterocycles. The van der Waals surface area contributed by atoms with Gasteiger partial charge in [0.25, 0.3) is 11.7 Å². The Kier molecular flexibility index (Phi) is 6.46. The second-order valence-electron chi connectivity index (χ2n) is 7.42. The number of methoxy groups -OCH3 is 2. The number of nitrogens with zero attached hydrogens (tertiary/aromatic N) is 1. The molecule has 0 radical (unpaired) electrons. The van der Waals surface area contributed by atoms with Gasteiger partial charge in [-0.3, -0.25) is 9.59 Å². The highest BCUT2D eigenvalue weighted by Crippen LogP contribution is 2.44. The summed E-state index contributed by atoms with van der Waals surface area (Å²) in [6, 6.07) is 13.9. The Morgan fingerprint density at radius 3 is 2.27 bits per heavy atom. The van der Waals surface area contributed by atoms with Crippen LogP contribution in [0.25, 0.3) is 5.76 Å². The topological polar surface area (TPSA) is 76.1 Å². The van der Waals surface area contributed by atoms with Gasteiger partial charge in [-0.1, -0.05) is 24.3 Å². The van der Waals surface area contributed by atoms with Crippen molar-refractivity contribution in [2.75, 3.05) is 20.8 Å². The van der Waals surface area contributed by atoms with Gasteiger partial charge in [0.2, 0.25) is 0 Å². The van der Waals surface area contributed by atoms with Gasteiger partial charge in [-0.15, -0.1) is 11.3 Å². The van der Waals surface area contributed by atoms with Crippen LogP contribution in [0.5, 0.6) is 11.5 Å². The van der Waals surface area contributed by atoms with E-state index in [2.05, 4.69) is 0 Å². The number of aliphatic hydroxyl groups excluding tert-OH is 1. The van der Waals surface area contributed by atoms with Crippen LogP contribution in [-0.2, 0) is 16.0 Å². The number of ether oxygens (including phenoxy) is 2. The summed E-state index contributed by atoms with van der Waals surface area (Å²) in [5, 5.41) is 13.2. The van der Waals surface area contributed by atoms with E-state index in [-0.39, 0.29) is 29.3 Å². The Morgan fingerprint density at radius 2 is 1.70 bits per heavy atom. The molecule has 170 valence electrons. The van der Waals surface area contributed by atoms with Crippen LogP contribution in [0.15, 0.2) is 65.6 Å². The Balaban J connectivity index is 1.80. The van der Waals surface area contributed by atoms with Gasteiger partial charge in [0, 0.05) is 11.4 Å². The quantitative estimate of drug-likeness (QED) is 0.313. The van der Waals surface area contributed by atoms with Crippen LogP contribution < -0.4 is 9.47 Å². The Morgan fingerprint density at radius 1 is 1.03 bits per heavy atom. The zero-order valence-corrected chi connectivity index (χ0v) is 18.9. The zero-order valence-electron chi connectivity index (χ0n) is 18.1. The molecule has 33 heavy (non-hydrogen) atoms. The highest BCUT2D eigenvalue weighted by molar-refractivity contribution is 7.10. The zero-order chi connectivity index (χ0) is 23.5. The van der Waals surface area contributed by atoms with Crippen molar-refractivity contribution in [3.8, 4) is 11.5 Å². The number of thiophene rings is 1. The molecular formula is C25H22FNO5S. The fourth-order valence-corrected chi connectivity index (χ4v) is 4.82. The minimum Gasteiger partial charge on any atom is -0.506 e. The van der Waals surface area contributed by atoms with Crippen LogP contribution in [0.2, 0.25) is 0 Å². The van der Waals surface area contributed by atoms with Gasteiger partial charge in [0.1, 0.15) is 28.6 Å². The first kappa shape index (κ1) is 22.5. The SMILES string of the molecule is COc1cccc(OC)c1/C(O)=C1\C(=O)C(=O)N(CCc2ccc(F)cc2)C1c1cccs1. The highest BCUT2D eigenvalue weighted by atomic mass is 32.1. The summed E-state index contributed by atoms with van der Waals surface area (Å²) in [5.74, 6) is -1.55. The van der Waals surface area contributed by atoms with Crippen molar-refractivity contribution in [2.24, 2.45) is 0 Å². The maximum Gasteiger partial charge on any atom is 0.295 e. The van der Waals surface area contributed by atoms with Crippen molar-refractivity contribution in [3.63, 3.8) is 0 Å². The standard InChI is InChI=1S/C25H22FNO5S/c1-31-17-5-3-6-18(32-2)20(17)23(28)21-22(19-7-4-14-33-19)27(25(30)24(21)29)13-12-15-8-10-16(26)11-9-15/h3-11,14,22,28H,12-13H2,1-2H3/b23-21+. The molecule has 6 nitrogen and oxygen atoms in total. The molecular weight excluding hydrogens is 445 g/mol. The molecule has 1 fully saturated rings. The van der Waals surface area contributed by atoms with Crippen LogP contribution in [0.1, 0.15) is 22.0 Å². The summed E-state index contributed by atoms with van der Waals surface area (Å²) in [6.45, 7) is 0.221. The number of aliphatic hydroxyl groups is 1. The number of rotatable bonds is 7. The summed E-state index contributed by atoms with van der Waals surface area (Å²) in [4.78, 5) is 28.4. The molecule has 0 bridgehead atoms. The van der Waals surface area contributed by atoms with Crippen molar-refractivity contribution in [1.82, 2.24) is 4.90 Å². The third-order valence-corrected chi connectivity index (χ3v) is 6.50. The molecule has 1 N–H and O–H groups in total. The largest absolute Gasteiger partial charge is 0.506 e. The third kappa shape index (κ3) is 4.21. The lowest BCUT2D eigenvalue weighted by Crippen LogP contribution is -2.31. The fraction of sp³-hybridized carbons (Fsp3) is 0.200. The Bertz CT molecular complexity index is 1180. The molecule has 1 amide bonds. The average Bonchev–Trinajstić information content (AvgIpc) is 3.45. The first-order valence-electron chi connectivity index (χ1n) is 10.2. The van der Waals surface area contributed by atoms with Gasteiger partial charge in [0.15, 0.2) is 0 Å². The van der Waals surface area contributed by atoms with Gasteiger partial charge in [-0.25, -0.2) is 4.39 Å². The minimum absolute atomic E-state index is 0.0237. The first-order chi connectivity index (χ1) is 16.0. The van der Waals surface area contributed by atoms with Crippen LogP contribution in [-0.4, -0.2) is 42.5 Å². The number of likely N-dealkylation sites (tertiary alicyclic amines) is 1. The van der Waals surface area contributed by atoms with Crippen molar-refractivity contribution in [3.05, 3.63) is 87.4 Å². The normalized spacial score (nSPS) is 17.4. The highest BCUT2D eigenvalue weighted by Gasteiger charge is 2.46. The number of benzene rings is 2. The number of amides is 1. The lowest BCUT2D eigenvalue weighted by Gasteiger charge is -2.24. The van der Waals surface area contributed by atoms with Crippen molar-refractivity contribution >= 4 is 28.8 Å². The predicted molar refractivity (Wildman–Crippen MR) is 123 cm³/mol. The third-order valence-electron chi connectivity index (χ3n) is 5.57. The molecule has 0 spiro atoms. The van der Waals surface area contributed by atoms with Gasteiger partial charge in [-0.05, 0) is 47.7 Å². The molecule has 1 aromatic heterocycles. The van der Waals surface area contributed by atoms with E-state index in [1.165, 1.54) is 42.6 Å². The van der Waals surface area contributed by atoms with E-state index in [0.717, 1.165) is 10.4 Å². The molecule has 2 heterocycles. The summed E-state index contributed by atoms with van der Waals surface area (Å²) >= 11 is 1.38. The van der Waals surface area contributed by atoms with E-state index < -0.39 is 17.7 Å². The molecule has 2 aromatic carbocycles. The van der Waals surface area contributed by atoms with Crippen molar-refractivity contribution in [2.45, 2.75) is 12.5 Å². The van der Waals surface area contributed by atoms with E-state index in [0.29, 0.717) is 17.9 Å². The van der Waals surface area contributed by atoms with Crippen LogP contribution in [0, 0.1) is 5.82 Å². The lowest BCUT2D eigenvalue weighted by atomic mass is 9.98. The molecule has 1 unspecified atom stereocenters. The summed E-state index contributed by atoms with van der Waals surface area (Å²) in [7, 11) is 2.90. The molecule has 3 aromatic rings. The summed E-state index contributed by atoms with van der Waals surface area (Å²) in [5.41, 5.74) is 1.01. The van der Waals surface area contributed by atoms with Gasteiger partial charge < -0.3 is 19.5 Å². The van der Waals surface area contributed by atoms with Gasteiger partial charge in [-0.2, -0.15) is 0 Å². The maximum atomic E-state index is 13.3. The molecule has 1 aliphatic heterocycles. The molecule has 1 aliphatic rings. The monoisotopic (exact) mass is 467 g/mol. The molecule has 8 heteroatoms. The van der Waals surface area contributed by atoms with Gasteiger partial charge >= 0.3 is 0 Å². The molecule has 4 rings (SSSR count). The fourth-order valence-electron chi connectivity index (χ4n) is 3.97. The van der Waals surface area contributed by atoms with Crippen molar-refractivity contribution < 1.29 is 28.6 Å². The number of ketones is 1. The maximum absolute atomic E-state index is 13.3. The Labute approximate surface area is 194 Å². The first-order valence-corrected chi connectivity index (χ1v) is 11.1. The predicted octanol–water partition coefficient (Wildman–Crippen LogP) is 4.57. The summed E-state index contributed by atoms with van der Waals surface area (Å²) in [6.07, 6.45) is 0.424. The summed E-state index contributed by atoms with van der Waals surface area (Å²) < 4.78 is 24.0. The van der Waals surface area contributed by atoms with E-state index in [1.807, 2.05) is 17.5 Å². The van der Waals surface area contributed by atoms with Crippen molar-refractivity contribution in [1.29, 1.82) is 0 Å². The number of carbonyl (C=O) groups is 2. The van der Waals surface area contributed by atoms with E-state index in [9.17, 15) is 19.1 Å². The van der Waals surface area contributed by atoms with Gasteiger partial charge in [0.05, 0.1) is 25.8 Å². The number of hydrogen-bond donors (Lipinski definition) is 1. The number of hydrogen-bond acceptors (Lipinski definition) is 6. The van der Waals surface area contributed by atoms with Crippen LogP contribution in [0.3, 0.4) is 0 Å². The number of carbonyl (C=O) groups excluding carboxylic acids is 2. The number of Topliss-reactive ketones (excluding diaryl/α,β-unsaturated/α-hetero) is 1. The minimum atomic E-state index is -0.780. The average molecular weight is 468 g/mol.